The predicted octanol–water partition coefficient (Wildman–Crippen LogP) is 13.3. The first-order valence-corrected chi connectivity index (χ1v) is 19.1. The Morgan fingerprint density at radius 1 is 0.518 bits per heavy atom. The van der Waals surface area contributed by atoms with Crippen molar-refractivity contribution in [3.05, 3.63) is 181 Å². The van der Waals surface area contributed by atoms with E-state index in [1.54, 1.807) is 0 Å². The lowest BCUT2D eigenvalue weighted by molar-refractivity contribution is 0.666. The highest BCUT2D eigenvalue weighted by molar-refractivity contribution is 6.18. The van der Waals surface area contributed by atoms with Crippen molar-refractivity contribution in [2.75, 3.05) is 0 Å². The molecule has 11 aromatic rings. The van der Waals surface area contributed by atoms with Gasteiger partial charge in [0.2, 0.25) is 0 Å². The van der Waals surface area contributed by atoms with E-state index in [0.717, 1.165) is 78.5 Å². The van der Waals surface area contributed by atoms with Crippen LogP contribution in [0.15, 0.2) is 174 Å². The van der Waals surface area contributed by atoms with Crippen LogP contribution < -0.4 is 0 Å². The van der Waals surface area contributed by atoms with Gasteiger partial charge in [-0.2, -0.15) is 0 Å². The van der Waals surface area contributed by atoms with Gasteiger partial charge >= 0.3 is 0 Å². The van der Waals surface area contributed by atoms with Gasteiger partial charge in [-0.25, -0.2) is 9.97 Å². The minimum absolute atomic E-state index is 0.672. The highest BCUT2D eigenvalue weighted by atomic mass is 16.3. The monoisotopic (exact) mass is 716 g/mol. The number of benzene rings is 7. The first-order valence-electron chi connectivity index (χ1n) is 19.1. The summed E-state index contributed by atoms with van der Waals surface area (Å²) < 4.78 is 11.7. The largest absolute Gasteiger partial charge is 0.454 e. The van der Waals surface area contributed by atoms with Crippen molar-refractivity contribution in [3.63, 3.8) is 0 Å². The standard InChI is InChI=1S/C51H32N4O/c1-4-16-32(17-5-1)49-36-22-10-12-25-41(36)52-51(53-49)38-24-15-29-47-48(38)37-23-14-28-44(50(37)56-47)55-43-27-13-11-21-35(43)40-30-45-39(31-46(40)55)34-20-8-3-9-26-42(34)54(45)33-18-6-2-7-19-33/h1-2,4-31H,3H2. The van der Waals surface area contributed by atoms with Gasteiger partial charge in [0.15, 0.2) is 11.4 Å². The third-order valence-corrected chi connectivity index (χ3v) is 11.3. The van der Waals surface area contributed by atoms with Crippen LogP contribution in [-0.4, -0.2) is 19.1 Å². The molecule has 0 spiro atoms. The fraction of sp³-hybridized carbons (Fsp3) is 0.0196. The zero-order valence-corrected chi connectivity index (χ0v) is 30.2. The molecule has 0 amide bonds. The molecule has 1 aliphatic rings. The molecule has 0 radical (unpaired) electrons. The number of aromatic nitrogens is 4. The molecule has 4 aromatic heterocycles. The minimum atomic E-state index is 0.672. The van der Waals surface area contributed by atoms with E-state index < -0.39 is 0 Å². The number of fused-ring (bicyclic) bond motifs is 10. The van der Waals surface area contributed by atoms with Crippen molar-refractivity contribution in [1.29, 1.82) is 0 Å². The van der Waals surface area contributed by atoms with Gasteiger partial charge in [-0.15, -0.1) is 0 Å². The van der Waals surface area contributed by atoms with Crippen molar-refractivity contribution in [3.8, 4) is 34.0 Å². The van der Waals surface area contributed by atoms with E-state index in [0.29, 0.717) is 5.82 Å². The van der Waals surface area contributed by atoms with Crippen LogP contribution in [0.25, 0.3) is 112 Å². The Bertz CT molecular complexity index is 3440. The summed E-state index contributed by atoms with van der Waals surface area (Å²) in [5.41, 5.74) is 13.4. The number of hydrogen-bond acceptors (Lipinski definition) is 3. The average Bonchev–Trinajstić information content (AvgIpc) is 3.82. The van der Waals surface area contributed by atoms with Crippen molar-refractivity contribution in [2.45, 2.75) is 6.42 Å². The van der Waals surface area contributed by atoms with Gasteiger partial charge < -0.3 is 13.6 Å². The van der Waals surface area contributed by atoms with Crippen molar-refractivity contribution < 1.29 is 4.42 Å². The molecule has 0 atom stereocenters. The molecule has 0 saturated heterocycles. The molecule has 5 nitrogen and oxygen atoms in total. The molecule has 5 heteroatoms. The molecule has 0 fully saturated rings. The van der Waals surface area contributed by atoms with Gasteiger partial charge in [-0.1, -0.05) is 127 Å². The molecule has 1 aliphatic carbocycles. The molecule has 7 aromatic carbocycles. The summed E-state index contributed by atoms with van der Waals surface area (Å²) in [5, 5.41) is 6.65. The van der Waals surface area contributed by atoms with Crippen LogP contribution in [0, 0.1) is 0 Å². The minimum Gasteiger partial charge on any atom is -0.454 e. The van der Waals surface area contributed by atoms with E-state index in [4.69, 9.17) is 14.4 Å². The lowest BCUT2D eigenvalue weighted by Gasteiger charge is -2.10. The maximum absolute atomic E-state index is 6.93. The lowest BCUT2D eigenvalue weighted by atomic mass is 10.0. The van der Waals surface area contributed by atoms with Crippen LogP contribution >= 0.6 is 0 Å². The fourth-order valence-electron chi connectivity index (χ4n) is 8.90. The number of nitrogens with zero attached hydrogens (tertiary/aromatic N) is 4. The van der Waals surface area contributed by atoms with E-state index in [9.17, 15) is 0 Å². The summed E-state index contributed by atoms with van der Waals surface area (Å²) in [5.74, 6) is 0.672. The van der Waals surface area contributed by atoms with Crippen LogP contribution in [0.2, 0.25) is 0 Å². The normalized spacial score (nSPS) is 12.8. The number of allylic oxidation sites excluding steroid dienone is 2. The number of furan rings is 1. The number of para-hydroxylation sites is 4. The Kier molecular flexibility index (Phi) is 6.63. The Hall–Kier alpha value is -7.50. The van der Waals surface area contributed by atoms with Crippen molar-refractivity contribution in [2.24, 2.45) is 0 Å². The van der Waals surface area contributed by atoms with Crippen molar-refractivity contribution in [1.82, 2.24) is 19.1 Å². The summed E-state index contributed by atoms with van der Waals surface area (Å²) in [7, 11) is 0. The molecule has 262 valence electrons. The SMILES string of the molecule is C1=Cc2c(n(-c3ccccc3)c3cc4c5ccccc5n(-c5cccc6c5oc5cccc(-c7nc(-c8ccccc8)c8ccccc8n7)c56)c4cc23)C=CC1. The van der Waals surface area contributed by atoms with E-state index in [2.05, 4.69) is 167 Å². The van der Waals surface area contributed by atoms with E-state index >= 15 is 0 Å². The van der Waals surface area contributed by atoms with E-state index in [1.165, 1.54) is 32.9 Å². The third-order valence-electron chi connectivity index (χ3n) is 11.3. The van der Waals surface area contributed by atoms with Gasteiger partial charge in [0.25, 0.3) is 0 Å². The maximum atomic E-state index is 6.93. The van der Waals surface area contributed by atoms with Gasteiger partial charge in [-0.05, 0) is 61.0 Å². The lowest BCUT2D eigenvalue weighted by Crippen LogP contribution is -1.96. The van der Waals surface area contributed by atoms with Crippen LogP contribution in [0.3, 0.4) is 0 Å². The highest BCUT2D eigenvalue weighted by Gasteiger charge is 2.24. The molecule has 0 N–H and O–H groups in total. The first kappa shape index (κ1) is 30.9. The van der Waals surface area contributed by atoms with Gasteiger partial charge in [0.05, 0.1) is 39.1 Å². The molecule has 0 aliphatic heterocycles. The summed E-state index contributed by atoms with van der Waals surface area (Å²) in [6.45, 7) is 0. The Labute approximate surface area is 321 Å². The predicted molar refractivity (Wildman–Crippen MR) is 232 cm³/mol. The Balaban J connectivity index is 1.13. The quantitative estimate of drug-likeness (QED) is 0.182. The second-order valence-electron chi connectivity index (χ2n) is 14.5. The molecule has 0 saturated carbocycles. The molecule has 12 rings (SSSR count). The summed E-state index contributed by atoms with van der Waals surface area (Å²) in [4.78, 5) is 10.4. The second-order valence-corrected chi connectivity index (χ2v) is 14.5. The molecular formula is C51H32N4O. The molecule has 0 bridgehead atoms. The Morgan fingerprint density at radius 2 is 1.23 bits per heavy atom. The van der Waals surface area contributed by atoms with E-state index in [-0.39, 0.29) is 0 Å². The molecule has 0 unspecified atom stereocenters. The zero-order valence-electron chi connectivity index (χ0n) is 30.2. The van der Waals surface area contributed by atoms with Crippen LogP contribution in [0.1, 0.15) is 17.7 Å². The van der Waals surface area contributed by atoms with Crippen molar-refractivity contribution >= 4 is 77.7 Å². The number of hydrogen-bond donors (Lipinski definition) is 0. The topological polar surface area (TPSA) is 48.8 Å². The summed E-state index contributed by atoms with van der Waals surface area (Å²) >= 11 is 0. The first-order chi connectivity index (χ1) is 27.8. The summed E-state index contributed by atoms with van der Waals surface area (Å²) in [6.07, 6.45) is 9.97. The smallest absolute Gasteiger partial charge is 0.161 e. The van der Waals surface area contributed by atoms with Crippen LogP contribution in [0.5, 0.6) is 0 Å². The van der Waals surface area contributed by atoms with Crippen LogP contribution in [-0.2, 0) is 0 Å². The highest BCUT2D eigenvalue weighted by Crippen LogP contribution is 2.44. The molecular weight excluding hydrogens is 685 g/mol. The molecule has 4 heterocycles. The second kappa shape index (κ2) is 12.0. The van der Waals surface area contributed by atoms with Gasteiger partial charge in [-0.3, -0.25) is 0 Å². The Morgan fingerprint density at radius 3 is 2.12 bits per heavy atom. The van der Waals surface area contributed by atoms with Crippen LogP contribution in [0.4, 0.5) is 0 Å². The fourth-order valence-corrected chi connectivity index (χ4v) is 8.90. The summed E-state index contributed by atoms with van der Waals surface area (Å²) in [6, 6.07) is 55.5. The van der Waals surface area contributed by atoms with Gasteiger partial charge in [0, 0.05) is 54.7 Å². The van der Waals surface area contributed by atoms with Gasteiger partial charge in [0.1, 0.15) is 5.58 Å². The average molecular weight is 717 g/mol. The molecule has 56 heavy (non-hydrogen) atoms. The number of rotatable bonds is 4. The third kappa shape index (κ3) is 4.49. The zero-order chi connectivity index (χ0) is 36.7. The maximum Gasteiger partial charge on any atom is 0.161 e. The van der Waals surface area contributed by atoms with E-state index in [1.807, 2.05) is 24.3 Å².